The highest BCUT2D eigenvalue weighted by Crippen LogP contribution is 2.36. The Kier molecular flexibility index (Phi) is 4.54. The summed E-state index contributed by atoms with van der Waals surface area (Å²) in [4.78, 5) is 2.34. The van der Waals surface area contributed by atoms with Crippen LogP contribution in [0.3, 0.4) is 0 Å². The van der Waals surface area contributed by atoms with Crippen molar-refractivity contribution in [3.05, 3.63) is 53.6 Å². The van der Waals surface area contributed by atoms with Crippen molar-refractivity contribution in [1.82, 2.24) is 0 Å². The standard InChI is InChI=1S/C18H20BClO2S/c1-17(2)18(3,4)22-19(21-17)13-5-9-15(10-6-13)23-16-11-7-14(20)8-12-16/h5-12H,1-4H3. The van der Waals surface area contributed by atoms with Crippen LogP contribution in [0.1, 0.15) is 27.7 Å². The van der Waals surface area contributed by atoms with E-state index in [9.17, 15) is 0 Å². The molecule has 0 aromatic heterocycles. The Labute approximate surface area is 147 Å². The van der Waals surface area contributed by atoms with Gasteiger partial charge < -0.3 is 9.31 Å². The Morgan fingerprint density at radius 1 is 0.783 bits per heavy atom. The Bertz CT molecular complexity index is 667. The van der Waals surface area contributed by atoms with Gasteiger partial charge in [0.25, 0.3) is 0 Å². The lowest BCUT2D eigenvalue weighted by Crippen LogP contribution is -2.41. The van der Waals surface area contributed by atoms with E-state index in [1.165, 1.54) is 4.90 Å². The normalized spacial score (nSPS) is 19.1. The zero-order valence-electron chi connectivity index (χ0n) is 13.8. The third kappa shape index (κ3) is 3.61. The van der Waals surface area contributed by atoms with Crippen LogP contribution < -0.4 is 5.46 Å². The lowest BCUT2D eigenvalue weighted by molar-refractivity contribution is 0.00578. The van der Waals surface area contributed by atoms with Crippen molar-refractivity contribution in [2.45, 2.75) is 48.7 Å². The fourth-order valence-corrected chi connectivity index (χ4v) is 3.25. The molecular formula is C18H20BClO2S. The van der Waals surface area contributed by atoms with Gasteiger partial charge in [-0.3, -0.25) is 0 Å². The summed E-state index contributed by atoms with van der Waals surface area (Å²) in [5.74, 6) is 0. The summed E-state index contributed by atoms with van der Waals surface area (Å²) in [7, 11) is -0.311. The lowest BCUT2D eigenvalue weighted by Gasteiger charge is -2.32. The first-order valence-electron chi connectivity index (χ1n) is 7.66. The third-order valence-electron chi connectivity index (χ3n) is 4.45. The van der Waals surface area contributed by atoms with E-state index in [1.807, 2.05) is 24.3 Å². The Morgan fingerprint density at radius 3 is 1.70 bits per heavy atom. The van der Waals surface area contributed by atoms with Gasteiger partial charge in [0.05, 0.1) is 11.2 Å². The van der Waals surface area contributed by atoms with Gasteiger partial charge in [-0.15, -0.1) is 0 Å². The minimum absolute atomic E-state index is 0.311. The van der Waals surface area contributed by atoms with E-state index in [2.05, 4.69) is 52.0 Å². The van der Waals surface area contributed by atoms with Crippen LogP contribution in [-0.4, -0.2) is 18.3 Å². The van der Waals surface area contributed by atoms with Crippen molar-refractivity contribution >= 4 is 35.9 Å². The molecule has 0 aliphatic carbocycles. The van der Waals surface area contributed by atoms with Crippen LogP contribution in [0.4, 0.5) is 0 Å². The fourth-order valence-electron chi connectivity index (χ4n) is 2.31. The molecule has 1 saturated heterocycles. The molecule has 0 spiro atoms. The van der Waals surface area contributed by atoms with E-state index >= 15 is 0 Å². The molecule has 0 amide bonds. The first-order valence-corrected chi connectivity index (χ1v) is 8.85. The van der Waals surface area contributed by atoms with Gasteiger partial charge in [0, 0.05) is 14.8 Å². The van der Waals surface area contributed by atoms with Gasteiger partial charge in [-0.1, -0.05) is 35.5 Å². The van der Waals surface area contributed by atoms with Crippen molar-refractivity contribution in [1.29, 1.82) is 0 Å². The van der Waals surface area contributed by atoms with Crippen LogP contribution in [0.15, 0.2) is 58.3 Å². The summed E-state index contributed by atoms with van der Waals surface area (Å²) in [6, 6.07) is 16.2. The van der Waals surface area contributed by atoms with E-state index < -0.39 is 0 Å². The quantitative estimate of drug-likeness (QED) is 0.744. The summed E-state index contributed by atoms with van der Waals surface area (Å²) in [5.41, 5.74) is 0.423. The predicted molar refractivity (Wildman–Crippen MR) is 97.7 cm³/mol. The summed E-state index contributed by atoms with van der Waals surface area (Å²) in [5, 5.41) is 0.755. The molecule has 23 heavy (non-hydrogen) atoms. The van der Waals surface area contributed by atoms with Gasteiger partial charge in [0.15, 0.2) is 0 Å². The van der Waals surface area contributed by atoms with Crippen LogP contribution >= 0.6 is 23.4 Å². The molecule has 0 bridgehead atoms. The summed E-state index contributed by atoms with van der Waals surface area (Å²) >= 11 is 7.62. The average molecular weight is 347 g/mol. The zero-order valence-corrected chi connectivity index (χ0v) is 15.4. The number of halogens is 1. The first kappa shape index (κ1) is 16.9. The van der Waals surface area contributed by atoms with Crippen molar-refractivity contribution in [3.63, 3.8) is 0 Å². The average Bonchev–Trinajstić information content (AvgIpc) is 2.71. The molecule has 3 rings (SSSR count). The van der Waals surface area contributed by atoms with Crippen LogP contribution in [0.25, 0.3) is 0 Å². The van der Waals surface area contributed by atoms with Crippen LogP contribution in [-0.2, 0) is 9.31 Å². The number of rotatable bonds is 3. The molecule has 0 saturated carbocycles. The van der Waals surface area contributed by atoms with Gasteiger partial charge in [-0.2, -0.15) is 0 Å². The summed E-state index contributed by atoms with van der Waals surface area (Å²) in [6.07, 6.45) is 0. The van der Waals surface area contributed by atoms with Crippen LogP contribution in [0, 0.1) is 0 Å². The Morgan fingerprint density at radius 2 is 1.22 bits per heavy atom. The van der Waals surface area contributed by atoms with E-state index in [1.54, 1.807) is 11.8 Å². The third-order valence-corrected chi connectivity index (χ3v) is 5.72. The number of hydrogen-bond acceptors (Lipinski definition) is 3. The maximum absolute atomic E-state index is 6.08. The zero-order chi connectivity index (χ0) is 16.7. The monoisotopic (exact) mass is 346 g/mol. The van der Waals surface area contributed by atoms with E-state index in [4.69, 9.17) is 20.9 Å². The molecule has 0 radical (unpaired) electrons. The molecule has 0 atom stereocenters. The molecule has 0 N–H and O–H groups in total. The molecular weight excluding hydrogens is 327 g/mol. The van der Waals surface area contributed by atoms with E-state index in [0.717, 1.165) is 15.4 Å². The Hall–Kier alpha value is -0.935. The second-order valence-corrected chi connectivity index (χ2v) is 8.30. The summed E-state index contributed by atoms with van der Waals surface area (Å²) in [6.45, 7) is 8.27. The van der Waals surface area contributed by atoms with Crippen LogP contribution in [0.2, 0.25) is 5.02 Å². The van der Waals surface area contributed by atoms with Gasteiger partial charge in [0.2, 0.25) is 0 Å². The molecule has 120 valence electrons. The summed E-state index contributed by atoms with van der Waals surface area (Å²) < 4.78 is 12.2. The molecule has 1 aliphatic heterocycles. The van der Waals surface area contributed by atoms with Gasteiger partial charge in [-0.05, 0) is 69.6 Å². The Balaban J connectivity index is 1.72. The van der Waals surface area contributed by atoms with E-state index in [0.29, 0.717) is 0 Å². The maximum atomic E-state index is 6.08. The number of hydrogen-bond donors (Lipinski definition) is 0. The SMILES string of the molecule is CC1(C)OB(c2ccc(Sc3ccc(Cl)cc3)cc2)OC1(C)C. The minimum atomic E-state index is -0.311. The molecule has 1 fully saturated rings. The van der Waals surface area contributed by atoms with Gasteiger partial charge >= 0.3 is 7.12 Å². The molecule has 2 aromatic carbocycles. The topological polar surface area (TPSA) is 18.5 Å². The number of benzene rings is 2. The molecule has 1 aliphatic rings. The fraction of sp³-hybridized carbons (Fsp3) is 0.333. The molecule has 5 heteroatoms. The smallest absolute Gasteiger partial charge is 0.399 e. The van der Waals surface area contributed by atoms with Crippen LogP contribution in [0.5, 0.6) is 0 Å². The molecule has 0 unspecified atom stereocenters. The second kappa shape index (κ2) is 6.17. The maximum Gasteiger partial charge on any atom is 0.494 e. The highest BCUT2D eigenvalue weighted by atomic mass is 35.5. The van der Waals surface area contributed by atoms with Crippen molar-refractivity contribution in [3.8, 4) is 0 Å². The van der Waals surface area contributed by atoms with Gasteiger partial charge in [-0.25, -0.2) is 0 Å². The molecule has 1 heterocycles. The van der Waals surface area contributed by atoms with Crippen molar-refractivity contribution in [2.75, 3.05) is 0 Å². The molecule has 2 aromatic rings. The van der Waals surface area contributed by atoms with Crippen molar-refractivity contribution in [2.24, 2.45) is 0 Å². The largest absolute Gasteiger partial charge is 0.494 e. The highest BCUT2D eigenvalue weighted by Gasteiger charge is 2.51. The van der Waals surface area contributed by atoms with E-state index in [-0.39, 0.29) is 18.3 Å². The molecule has 2 nitrogen and oxygen atoms in total. The second-order valence-electron chi connectivity index (χ2n) is 6.71. The van der Waals surface area contributed by atoms with Gasteiger partial charge in [0.1, 0.15) is 0 Å². The highest BCUT2D eigenvalue weighted by molar-refractivity contribution is 7.99. The predicted octanol–water partition coefficient (Wildman–Crippen LogP) is 4.79. The first-order chi connectivity index (χ1) is 10.8. The minimum Gasteiger partial charge on any atom is -0.399 e. The van der Waals surface area contributed by atoms with Crippen molar-refractivity contribution < 1.29 is 9.31 Å². The lowest BCUT2D eigenvalue weighted by atomic mass is 9.79.